The Balaban J connectivity index is 1.19. The molecule has 0 aliphatic heterocycles. The first-order chi connectivity index (χ1) is 29.0. The minimum Gasteiger partial charge on any atom is -0.456 e. The normalized spacial score (nSPS) is 12.2. The standard InChI is InChI=1S/C58H49NO/c1-57(2,3)44-32-43(33-45(37-44)58(4,5)6)48-24-14-18-39-19-15-25-52(56(39)48)49-22-9-11-26-53(49)59(47-30-28-38-16-7-8-17-40(38)34-47)46-21-13-20-41(35-46)42-29-31-51-50-23-10-12-27-54(50)60-55(51)36-42/h7-37H,1-6H3. The van der Waals surface area contributed by atoms with E-state index in [0.29, 0.717) is 0 Å². The van der Waals surface area contributed by atoms with Crippen LogP contribution >= 0.6 is 0 Å². The van der Waals surface area contributed by atoms with Crippen molar-refractivity contribution in [2.45, 2.75) is 52.4 Å². The first kappa shape index (κ1) is 37.4. The van der Waals surface area contributed by atoms with Crippen LogP contribution in [0.2, 0.25) is 0 Å². The largest absolute Gasteiger partial charge is 0.456 e. The molecule has 0 atom stereocenters. The predicted octanol–water partition coefficient (Wildman–Crippen LogP) is 17.0. The fourth-order valence-corrected chi connectivity index (χ4v) is 8.82. The van der Waals surface area contributed by atoms with Gasteiger partial charge in [-0.15, -0.1) is 0 Å². The molecule has 0 fully saturated rings. The molecule has 0 spiro atoms. The van der Waals surface area contributed by atoms with Crippen LogP contribution in [0.4, 0.5) is 17.1 Å². The maximum Gasteiger partial charge on any atom is 0.136 e. The molecule has 0 aliphatic rings. The Labute approximate surface area is 353 Å². The number of rotatable bonds is 6. The summed E-state index contributed by atoms with van der Waals surface area (Å²) in [6, 6.07) is 68.9. The van der Waals surface area contributed by atoms with Crippen molar-refractivity contribution in [3.8, 4) is 33.4 Å². The first-order valence-electron chi connectivity index (χ1n) is 21.1. The van der Waals surface area contributed by atoms with Gasteiger partial charge in [-0.3, -0.25) is 0 Å². The van der Waals surface area contributed by atoms with Gasteiger partial charge in [0.15, 0.2) is 0 Å². The van der Waals surface area contributed by atoms with E-state index in [1.54, 1.807) is 0 Å². The van der Waals surface area contributed by atoms with Crippen molar-refractivity contribution >= 4 is 60.5 Å². The number of para-hydroxylation sites is 2. The van der Waals surface area contributed by atoms with Gasteiger partial charge in [0.25, 0.3) is 0 Å². The topological polar surface area (TPSA) is 16.4 Å². The number of fused-ring (bicyclic) bond motifs is 5. The van der Waals surface area contributed by atoms with Crippen LogP contribution in [-0.2, 0) is 10.8 Å². The van der Waals surface area contributed by atoms with Crippen molar-refractivity contribution in [2.24, 2.45) is 0 Å². The van der Waals surface area contributed by atoms with Crippen molar-refractivity contribution in [1.29, 1.82) is 0 Å². The average Bonchev–Trinajstić information content (AvgIpc) is 3.64. The molecule has 10 rings (SSSR count). The Morgan fingerprint density at radius 3 is 1.75 bits per heavy atom. The summed E-state index contributed by atoms with van der Waals surface area (Å²) in [5, 5.41) is 7.16. The van der Waals surface area contributed by atoms with Crippen LogP contribution in [-0.4, -0.2) is 0 Å². The Bertz CT molecular complexity index is 3200. The van der Waals surface area contributed by atoms with Gasteiger partial charge in [0.05, 0.1) is 5.69 Å². The Hall–Kier alpha value is -6.90. The summed E-state index contributed by atoms with van der Waals surface area (Å²) in [6.07, 6.45) is 0. The van der Waals surface area contributed by atoms with Crippen LogP contribution < -0.4 is 4.90 Å². The number of benzene rings is 9. The minimum atomic E-state index is 0.00271. The lowest BCUT2D eigenvalue weighted by molar-refractivity contribution is 0.569. The lowest BCUT2D eigenvalue weighted by atomic mass is 9.78. The summed E-state index contributed by atoms with van der Waals surface area (Å²) in [4.78, 5) is 2.43. The molecule has 0 N–H and O–H groups in total. The van der Waals surface area contributed by atoms with Crippen molar-refractivity contribution in [1.82, 2.24) is 0 Å². The van der Waals surface area contributed by atoms with E-state index in [-0.39, 0.29) is 10.8 Å². The highest BCUT2D eigenvalue weighted by molar-refractivity contribution is 6.09. The molecular weight excluding hydrogens is 727 g/mol. The summed E-state index contributed by atoms with van der Waals surface area (Å²) in [5.74, 6) is 0. The number of anilines is 3. The highest BCUT2D eigenvalue weighted by Gasteiger charge is 2.24. The highest BCUT2D eigenvalue weighted by atomic mass is 16.3. The third-order valence-electron chi connectivity index (χ3n) is 12.1. The van der Waals surface area contributed by atoms with Gasteiger partial charge >= 0.3 is 0 Å². The number of furan rings is 1. The van der Waals surface area contributed by atoms with Crippen molar-refractivity contribution in [3.63, 3.8) is 0 Å². The van der Waals surface area contributed by atoms with Gasteiger partial charge in [-0.05, 0) is 120 Å². The molecule has 0 bridgehead atoms. The van der Waals surface area contributed by atoms with Crippen LogP contribution in [0.1, 0.15) is 52.7 Å². The van der Waals surface area contributed by atoms with E-state index in [4.69, 9.17) is 4.42 Å². The van der Waals surface area contributed by atoms with Gasteiger partial charge < -0.3 is 9.32 Å². The third-order valence-corrected chi connectivity index (χ3v) is 12.1. The molecule has 0 saturated carbocycles. The zero-order chi connectivity index (χ0) is 41.2. The van der Waals surface area contributed by atoms with Gasteiger partial charge in [0, 0.05) is 27.7 Å². The van der Waals surface area contributed by atoms with E-state index in [1.807, 2.05) is 12.1 Å². The summed E-state index contributed by atoms with van der Waals surface area (Å²) < 4.78 is 6.35. The second-order valence-corrected chi connectivity index (χ2v) is 18.3. The Morgan fingerprint density at radius 2 is 0.967 bits per heavy atom. The lowest BCUT2D eigenvalue weighted by Gasteiger charge is -2.29. The quantitative estimate of drug-likeness (QED) is 0.167. The first-order valence-corrected chi connectivity index (χ1v) is 21.1. The zero-order valence-electron chi connectivity index (χ0n) is 35.3. The molecule has 0 radical (unpaired) electrons. The van der Waals surface area contributed by atoms with E-state index >= 15 is 0 Å². The van der Waals surface area contributed by atoms with E-state index < -0.39 is 0 Å². The maximum absolute atomic E-state index is 6.35. The Morgan fingerprint density at radius 1 is 0.367 bits per heavy atom. The molecule has 9 aromatic carbocycles. The summed E-state index contributed by atoms with van der Waals surface area (Å²) >= 11 is 0. The molecule has 0 aliphatic carbocycles. The molecule has 0 amide bonds. The van der Waals surface area contributed by atoms with Crippen LogP contribution in [0, 0.1) is 0 Å². The molecular formula is C58H49NO. The van der Waals surface area contributed by atoms with Gasteiger partial charge in [0.2, 0.25) is 0 Å². The van der Waals surface area contributed by atoms with Crippen LogP contribution in [0.5, 0.6) is 0 Å². The SMILES string of the molecule is CC(C)(C)c1cc(-c2cccc3cccc(-c4ccccc4N(c4cccc(-c5ccc6c(c5)oc5ccccc56)c4)c4ccc5ccccc5c4)c23)cc(C(C)(C)C)c1. The van der Waals surface area contributed by atoms with Gasteiger partial charge in [-0.1, -0.05) is 181 Å². The zero-order valence-corrected chi connectivity index (χ0v) is 35.3. The third kappa shape index (κ3) is 6.73. The van der Waals surface area contributed by atoms with Gasteiger partial charge in [-0.25, -0.2) is 0 Å². The summed E-state index contributed by atoms with van der Waals surface area (Å²) in [7, 11) is 0. The van der Waals surface area contributed by atoms with Gasteiger partial charge in [0.1, 0.15) is 11.2 Å². The van der Waals surface area contributed by atoms with E-state index in [0.717, 1.165) is 50.1 Å². The van der Waals surface area contributed by atoms with E-state index in [1.165, 1.54) is 54.9 Å². The Kier molecular flexibility index (Phi) is 8.99. The van der Waals surface area contributed by atoms with Crippen molar-refractivity contribution in [3.05, 3.63) is 199 Å². The van der Waals surface area contributed by atoms with E-state index in [2.05, 4.69) is 222 Å². The molecule has 0 unspecified atom stereocenters. The number of nitrogens with zero attached hydrogens (tertiary/aromatic N) is 1. The van der Waals surface area contributed by atoms with Crippen LogP contribution in [0.25, 0.3) is 76.9 Å². The predicted molar refractivity (Wildman–Crippen MR) is 257 cm³/mol. The molecule has 292 valence electrons. The second-order valence-electron chi connectivity index (χ2n) is 18.3. The van der Waals surface area contributed by atoms with E-state index in [9.17, 15) is 0 Å². The summed E-state index contributed by atoms with van der Waals surface area (Å²) in [6.45, 7) is 13.9. The van der Waals surface area contributed by atoms with Gasteiger partial charge in [-0.2, -0.15) is 0 Å². The fourth-order valence-electron chi connectivity index (χ4n) is 8.82. The second kappa shape index (κ2) is 14.4. The molecule has 10 aromatic rings. The monoisotopic (exact) mass is 775 g/mol. The number of hydrogen-bond donors (Lipinski definition) is 0. The maximum atomic E-state index is 6.35. The molecule has 1 aromatic heterocycles. The minimum absolute atomic E-state index is 0.00271. The smallest absolute Gasteiger partial charge is 0.136 e. The molecule has 2 heteroatoms. The highest BCUT2D eigenvalue weighted by Crippen LogP contribution is 2.46. The van der Waals surface area contributed by atoms with Crippen LogP contribution in [0.15, 0.2) is 192 Å². The molecule has 2 nitrogen and oxygen atoms in total. The van der Waals surface area contributed by atoms with Crippen LogP contribution in [0.3, 0.4) is 0 Å². The fraction of sp³-hybridized carbons (Fsp3) is 0.138. The lowest BCUT2D eigenvalue weighted by Crippen LogP contribution is -2.16. The average molecular weight is 776 g/mol. The van der Waals surface area contributed by atoms with Crippen molar-refractivity contribution in [2.75, 3.05) is 4.90 Å². The molecule has 1 heterocycles. The molecule has 60 heavy (non-hydrogen) atoms. The molecule has 0 saturated heterocycles. The number of hydrogen-bond acceptors (Lipinski definition) is 2. The summed E-state index contributed by atoms with van der Waals surface area (Å²) in [5.41, 5.74) is 14.9. The van der Waals surface area contributed by atoms with Crippen molar-refractivity contribution < 1.29 is 4.42 Å².